The fourth-order valence-corrected chi connectivity index (χ4v) is 3.45. The first-order chi connectivity index (χ1) is 13.4. The van der Waals surface area contributed by atoms with E-state index >= 15 is 0 Å². The SMILES string of the molecule is O=C(CC(=O)NC1CCCCC1OC(F)(F)F)NC1=C(OC(F)(F)F)CCCC1. The summed E-state index contributed by atoms with van der Waals surface area (Å²) in [7, 11) is 0. The normalized spacial score (nSPS) is 23.5. The van der Waals surface area contributed by atoms with Gasteiger partial charge in [0, 0.05) is 6.42 Å². The summed E-state index contributed by atoms with van der Waals surface area (Å²) in [6.45, 7) is 0. The van der Waals surface area contributed by atoms with Crippen LogP contribution >= 0.6 is 0 Å². The number of ether oxygens (including phenoxy) is 2. The number of allylic oxidation sites excluding steroid dienone is 2. The van der Waals surface area contributed by atoms with E-state index in [4.69, 9.17) is 0 Å². The number of hydrogen-bond acceptors (Lipinski definition) is 4. The highest BCUT2D eigenvalue weighted by Crippen LogP contribution is 2.30. The van der Waals surface area contributed by atoms with Crippen LogP contribution in [0.1, 0.15) is 57.8 Å². The monoisotopic (exact) mass is 432 g/mol. The van der Waals surface area contributed by atoms with Gasteiger partial charge in [-0.1, -0.05) is 12.8 Å². The van der Waals surface area contributed by atoms with Gasteiger partial charge in [-0.15, -0.1) is 26.3 Å². The molecule has 6 nitrogen and oxygen atoms in total. The Labute approximate surface area is 163 Å². The summed E-state index contributed by atoms with van der Waals surface area (Å²) in [5.74, 6) is -2.10. The summed E-state index contributed by atoms with van der Waals surface area (Å²) in [4.78, 5) is 24.1. The molecule has 2 N–H and O–H groups in total. The lowest BCUT2D eigenvalue weighted by atomic mass is 9.92. The maximum Gasteiger partial charge on any atom is 0.572 e. The van der Waals surface area contributed by atoms with Crippen molar-refractivity contribution in [2.24, 2.45) is 0 Å². The first-order valence-corrected chi connectivity index (χ1v) is 9.24. The van der Waals surface area contributed by atoms with Crippen molar-refractivity contribution in [3.05, 3.63) is 11.5 Å². The fraction of sp³-hybridized carbons (Fsp3) is 0.765. The molecule has 0 aromatic heterocycles. The number of amides is 2. The van der Waals surface area contributed by atoms with Crippen LogP contribution in [-0.4, -0.2) is 36.7 Å². The summed E-state index contributed by atoms with van der Waals surface area (Å²) < 4.78 is 82.7. The number of rotatable bonds is 6. The third-order valence-corrected chi connectivity index (χ3v) is 4.60. The van der Waals surface area contributed by atoms with Crippen molar-refractivity contribution in [3.8, 4) is 0 Å². The molecule has 0 spiro atoms. The van der Waals surface area contributed by atoms with Crippen molar-refractivity contribution in [1.82, 2.24) is 10.6 Å². The van der Waals surface area contributed by atoms with Crippen LogP contribution in [0.3, 0.4) is 0 Å². The minimum absolute atomic E-state index is 0.000144. The zero-order valence-corrected chi connectivity index (χ0v) is 15.4. The molecule has 0 radical (unpaired) electrons. The van der Waals surface area contributed by atoms with Crippen LogP contribution in [0.15, 0.2) is 11.5 Å². The highest BCUT2D eigenvalue weighted by atomic mass is 19.4. The van der Waals surface area contributed by atoms with E-state index in [0.717, 1.165) is 0 Å². The molecule has 0 aromatic carbocycles. The van der Waals surface area contributed by atoms with Crippen LogP contribution in [0.25, 0.3) is 0 Å². The van der Waals surface area contributed by atoms with E-state index in [-0.39, 0.29) is 31.4 Å². The highest BCUT2D eigenvalue weighted by Gasteiger charge is 2.39. The van der Waals surface area contributed by atoms with Crippen LogP contribution in [0, 0.1) is 0 Å². The first-order valence-electron chi connectivity index (χ1n) is 9.24. The largest absolute Gasteiger partial charge is 0.572 e. The van der Waals surface area contributed by atoms with Gasteiger partial charge in [0.05, 0.1) is 17.8 Å². The molecule has 1 fully saturated rings. The molecular weight excluding hydrogens is 410 g/mol. The molecule has 2 aliphatic rings. The number of hydrogen-bond donors (Lipinski definition) is 2. The maximum absolute atomic E-state index is 12.5. The Hall–Kier alpha value is -1.98. The van der Waals surface area contributed by atoms with Gasteiger partial charge in [0.1, 0.15) is 12.2 Å². The van der Waals surface area contributed by atoms with Crippen molar-refractivity contribution in [3.63, 3.8) is 0 Å². The summed E-state index contributed by atoms with van der Waals surface area (Å²) in [6, 6.07) is -0.899. The number of carbonyl (C=O) groups excluding carboxylic acids is 2. The molecule has 0 aromatic rings. The van der Waals surface area contributed by atoms with Gasteiger partial charge in [-0.05, 0) is 32.1 Å². The lowest BCUT2D eigenvalue weighted by Crippen LogP contribution is -2.48. The zero-order chi connectivity index (χ0) is 21.7. The van der Waals surface area contributed by atoms with Crippen molar-refractivity contribution >= 4 is 11.8 Å². The number of alkyl halides is 6. The van der Waals surface area contributed by atoms with Gasteiger partial charge in [0.2, 0.25) is 11.8 Å². The van der Waals surface area contributed by atoms with Gasteiger partial charge in [0.25, 0.3) is 0 Å². The van der Waals surface area contributed by atoms with Crippen molar-refractivity contribution in [2.75, 3.05) is 0 Å². The maximum atomic E-state index is 12.5. The van der Waals surface area contributed by atoms with Crippen molar-refractivity contribution < 1.29 is 45.4 Å². The molecule has 2 amide bonds. The van der Waals surface area contributed by atoms with E-state index in [1.807, 2.05) is 0 Å². The molecule has 1 saturated carbocycles. The minimum Gasteiger partial charge on any atom is -0.408 e. The van der Waals surface area contributed by atoms with Gasteiger partial charge in [-0.2, -0.15) is 0 Å². The predicted molar refractivity (Wildman–Crippen MR) is 86.7 cm³/mol. The number of halogens is 6. The molecule has 0 bridgehead atoms. The van der Waals surface area contributed by atoms with Crippen molar-refractivity contribution in [1.29, 1.82) is 0 Å². The molecule has 2 unspecified atom stereocenters. The van der Waals surface area contributed by atoms with Crippen LogP contribution in [-0.2, 0) is 19.1 Å². The lowest BCUT2D eigenvalue weighted by molar-refractivity contribution is -0.347. The summed E-state index contributed by atoms with van der Waals surface area (Å²) in [5, 5.41) is 4.61. The summed E-state index contributed by atoms with van der Waals surface area (Å²) in [5.41, 5.74) is -0.0395. The second kappa shape index (κ2) is 9.68. The molecule has 29 heavy (non-hydrogen) atoms. The van der Waals surface area contributed by atoms with Gasteiger partial charge >= 0.3 is 12.7 Å². The van der Waals surface area contributed by atoms with E-state index in [1.165, 1.54) is 0 Å². The first kappa shape index (κ1) is 23.3. The molecule has 2 atom stereocenters. The minimum atomic E-state index is -4.89. The van der Waals surface area contributed by atoms with Crippen LogP contribution < -0.4 is 10.6 Å². The lowest BCUT2D eigenvalue weighted by Gasteiger charge is -2.32. The summed E-state index contributed by atoms with van der Waals surface area (Å²) >= 11 is 0. The average Bonchev–Trinajstić information content (AvgIpc) is 2.55. The molecular formula is C17H22F6N2O4. The van der Waals surface area contributed by atoms with Crippen LogP contribution in [0.4, 0.5) is 26.3 Å². The van der Waals surface area contributed by atoms with Gasteiger partial charge < -0.3 is 15.4 Å². The van der Waals surface area contributed by atoms with E-state index in [2.05, 4.69) is 20.1 Å². The standard InChI is InChI=1S/C17H22F6N2O4/c18-16(19,20)28-12-7-3-1-5-10(12)24-14(26)9-15(27)25-11-6-2-4-8-13(11)29-17(21,22)23/h10,12H,1-9H2,(H,24,26)(H,25,27). The predicted octanol–water partition coefficient (Wildman–Crippen LogP) is 3.78. The second-order valence-corrected chi connectivity index (χ2v) is 6.94. The summed E-state index contributed by atoms with van der Waals surface area (Å²) in [6.07, 6.45) is -9.06. The molecule has 12 heteroatoms. The Bertz CT molecular complexity index is 632. The van der Waals surface area contributed by atoms with Gasteiger partial charge in [0.15, 0.2) is 0 Å². The quantitative estimate of drug-likeness (QED) is 0.495. The van der Waals surface area contributed by atoms with Crippen molar-refractivity contribution in [2.45, 2.75) is 82.7 Å². The molecule has 0 saturated heterocycles. The van der Waals surface area contributed by atoms with E-state index < -0.39 is 48.9 Å². The second-order valence-electron chi connectivity index (χ2n) is 6.94. The highest BCUT2D eigenvalue weighted by molar-refractivity contribution is 5.97. The third kappa shape index (κ3) is 8.50. The number of carbonyl (C=O) groups is 2. The van der Waals surface area contributed by atoms with Gasteiger partial charge in [-0.25, -0.2) is 0 Å². The molecule has 166 valence electrons. The van der Waals surface area contributed by atoms with E-state index in [9.17, 15) is 35.9 Å². The molecule has 0 heterocycles. The Balaban J connectivity index is 1.91. The van der Waals surface area contributed by atoms with Crippen LogP contribution in [0.2, 0.25) is 0 Å². The Morgan fingerprint density at radius 3 is 2.21 bits per heavy atom. The smallest absolute Gasteiger partial charge is 0.408 e. The Kier molecular flexibility index (Phi) is 7.78. The van der Waals surface area contributed by atoms with E-state index in [1.54, 1.807) is 0 Å². The van der Waals surface area contributed by atoms with Gasteiger partial charge in [-0.3, -0.25) is 14.3 Å². The third-order valence-electron chi connectivity index (χ3n) is 4.60. The average molecular weight is 432 g/mol. The molecule has 0 aliphatic heterocycles. The zero-order valence-electron chi connectivity index (χ0n) is 15.4. The Morgan fingerprint density at radius 1 is 0.897 bits per heavy atom. The van der Waals surface area contributed by atoms with E-state index in [0.29, 0.717) is 25.7 Å². The fourth-order valence-electron chi connectivity index (χ4n) is 3.45. The molecule has 2 rings (SSSR count). The number of nitrogens with one attached hydrogen (secondary N) is 2. The van der Waals surface area contributed by atoms with Crippen LogP contribution in [0.5, 0.6) is 0 Å². The molecule has 2 aliphatic carbocycles. The topological polar surface area (TPSA) is 76.7 Å². The Morgan fingerprint density at radius 2 is 1.55 bits per heavy atom.